The van der Waals surface area contributed by atoms with Crippen LogP contribution in [0.1, 0.15) is 17.1 Å². The van der Waals surface area contributed by atoms with Gasteiger partial charge in [-0.25, -0.2) is 0 Å². The van der Waals surface area contributed by atoms with Crippen molar-refractivity contribution in [1.82, 2.24) is 9.47 Å². The number of aryl methyl sites for hydroxylation is 1. The first-order valence-electron chi connectivity index (χ1n) is 6.74. The van der Waals surface area contributed by atoms with Crippen molar-refractivity contribution in [3.05, 3.63) is 57.9 Å². The minimum Gasteiger partial charge on any atom is -0.464 e. The number of alkyl halides is 3. The topological polar surface area (TPSA) is 55.5 Å². The summed E-state index contributed by atoms with van der Waals surface area (Å²) in [5.74, 6) is 0.741. The molecule has 124 valence electrons. The largest absolute Gasteiger partial charge is 0.464 e. The molecule has 5 nitrogen and oxygen atoms in total. The van der Waals surface area contributed by atoms with Gasteiger partial charge in [-0.3, -0.25) is 9.59 Å². The third kappa shape index (κ3) is 4.02. The van der Waals surface area contributed by atoms with Crippen molar-refractivity contribution in [2.45, 2.75) is 26.2 Å². The van der Waals surface area contributed by atoms with Gasteiger partial charge in [-0.05, 0) is 31.2 Å². The first kappa shape index (κ1) is 16.9. The van der Waals surface area contributed by atoms with Gasteiger partial charge in [-0.15, -0.1) is 0 Å². The number of amides is 1. The first-order valence-corrected chi connectivity index (χ1v) is 6.74. The summed E-state index contributed by atoms with van der Waals surface area (Å²) >= 11 is 0. The molecule has 0 aliphatic carbocycles. The third-order valence-corrected chi connectivity index (χ3v) is 3.25. The molecule has 2 aromatic heterocycles. The highest BCUT2D eigenvalue weighted by atomic mass is 19.4. The second-order valence-electron chi connectivity index (χ2n) is 5.11. The Morgan fingerprint density at radius 3 is 2.57 bits per heavy atom. The predicted octanol–water partition coefficient (Wildman–Crippen LogP) is 2.43. The Hall–Kier alpha value is -2.51. The fourth-order valence-corrected chi connectivity index (χ4v) is 2.04. The Morgan fingerprint density at radius 2 is 2.00 bits per heavy atom. The smallest absolute Gasteiger partial charge is 0.421 e. The van der Waals surface area contributed by atoms with Gasteiger partial charge in [0.05, 0.1) is 6.54 Å². The SMILES string of the molecule is Cc1ccc(CN(C)C(=O)Cn2cccc(C(F)(F)F)c2=O)o1. The molecule has 0 saturated heterocycles. The Kier molecular flexibility index (Phi) is 4.63. The number of rotatable bonds is 4. The normalized spacial score (nSPS) is 11.5. The molecule has 2 rings (SSSR count). The van der Waals surface area contributed by atoms with E-state index in [0.29, 0.717) is 17.6 Å². The Labute approximate surface area is 129 Å². The summed E-state index contributed by atoms with van der Waals surface area (Å²) in [7, 11) is 1.48. The lowest BCUT2D eigenvalue weighted by molar-refractivity contribution is -0.139. The van der Waals surface area contributed by atoms with Gasteiger partial charge in [-0.2, -0.15) is 13.2 Å². The van der Waals surface area contributed by atoms with Crippen molar-refractivity contribution in [3.63, 3.8) is 0 Å². The zero-order valence-corrected chi connectivity index (χ0v) is 12.6. The highest BCUT2D eigenvalue weighted by Gasteiger charge is 2.34. The fraction of sp³-hybridized carbons (Fsp3) is 0.333. The standard InChI is InChI=1S/C15H15F3N2O3/c1-10-5-6-11(23-10)8-19(2)13(21)9-20-7-3-4-12(14(20)22)15(16,17)18/h3-7H,8-9H2,1-2H3. The minimum absolute atomic E-state index is 0.167. The summed E-state index contributed by atoms with van der Waals surface area (Å²) in [5, 5.41) is 0. The highest BCUT2D eigenvalue weighted by molar-refractivity contribution is 5.75. The van der Waals surface area contributed by atoms with E-state index >= 15 is 0 Å². The van der Waals surface area contributed by atoms with Crippen molar-refractivity contribution in [2.24, 2.45) is 0 Å². The van der Waals surface area contributed by atoms with E-state index in [-0.39, 0.29) is 6.54 Å². The van der Waals surface area contributed by atoms with Crippen LogP contribution in [0.5, 0.6) is 0 Å². The molecule has 0 saturated carbocycles. The number of nitrogens with zero attached hydrogens (tertiary/aromatic N) is 2. The summed E-state index contributed by atoms with van der Waals surface area (Å²) < 4.78 is 44.2. The number of halogens is 3. The van der Waals surface area contributed by atoms with Gasteiger partial charge >= 0.3 is 6.18 Å². The van der Waals surface area contributed by atoms with Gasteiger partial charge in [0.15, 0.2) is 0 Å². The first-order chi connectivity index (χ1) is 10.7. The minimum atomic E-state index is -4.75. The molecule has 0 fully saturated rings. The quantitative estimate of drug-likeness (QED) is 0.866. The molecule has 0 atom stereocenters. The van der Waals surface area contributed by atoms with Crippen LogP contribution in [-0.2, 0) is 24.1 Å². The lowest BCUT2D eigenvalue weighted by atomic mass is 10.2. The van der Waals surface area contributed by atoms with E-state index in [2.05, 4.69) is 0 Å². The molecule has 0 aliphatic rings. The van der Waals surface area contributed by atoms with Gasteiger partial charge in [-0.1, -0.05) is 0 Å². The van der Waals surface area contributed by atoms with E-state index in [1.807, 2.05) is 0 Å². The lowest BCUT2D eigenvalue weighted by Gasteiger charge is -2.17. The number of aromatic nitrogens is 1. The number of hydrogen-bond acceptors (Lipinski definition) is 3. The average molecular weight is 328 g/mol. The molecular weight excluding hydrogens is 313 g/mol. The zero-order valence-electron chi connectivity index (χ0n) is 12.6. The molecule has 2 heterocycles. The Balaban J connectivity index is 2.12. The van der Waals surface area contributed by atoms with Crippen molar-refractivity contribution in [3.8, 4) is 0 Å². The Bertz CT molecular complexity index is 762. The Morgan fingerprint density at radius 1 is 1.30 bits per heavy atom. The van der Waals surface area contributed by atoms with Crippen molar-refractivity contribution >= 4 is 5.91 Å². The fourth-order valence-electron chi connectivity index (χ4n) is 2.04. The average Bonchev–Trinajstić information content (AvgIpc) is 2.85. The number of likely N-dealkylation sites (N-methyl/N-ethyl adjacent to an activating group) is 1. The van der Waals surface area contributed by atoms with E-state index in [4.69, 9.17) is 4.42 Å². The van der Waals surface area contributed by atoms with Crippen LogP contribution in [0.3, 0.4) is 0 Å². The zero-order chi connectivity index (χ0) is 17.2. The summed E-state index contributed by atoms with van der Waals surface area (Å²) in [6, 6.07) is 5.23. The highest BCUT2D eigenvalue weighted by Crippen LogP contribution is 2.25. The summed E-state index contributed by atoms with van der Waals surface area (Å²) in [6.07, 6.45) is -3.60. The molecule has 0 aliphatic heterocycles. The van der Waals surface area contributed by atoms with Gasteiger partial charge in [0.25, 0.3) is 5.56 Å². The number of pyridine rings is 1. The van der Waals surface area contributed by atoms with E-state index in [9.17, 15) is 22.8 Å². The number of carbonyl (C=O) groups is 1. The summed E-state index contributed by atoms with van der Waals surface area (Å²) in [5.41, 5.74) is -2.53. The van der Waals surface area contributed by atoms with Crippen molar-refractivity contribution < 1.29 is 22.4 Å². The van der Waals surface area contributed by atoms with Crippen LogP contribution < -0.4 is 5.56 Å². The van der Waals surface area contributed by atoms with Crippen LogP contribution in [0.2, 0.25) is 0 Å². The number of hydrogen-bond donors (Lipinski definition) is 0. The van der Waals surface area contributed by atoms with Gasteiger partial charge < -0.3 is 13.9 Å². The van der Waals surface area contributed by atoms with E-state index in [1.54, 1.807) is 19.1 Å². The summed E-state index contributed by atoms with van der Waals surface area (Å²) in [4.78, 5) is 25.2. The molecule has 0 N–H and O–H groups in total. The molecule has 8 heteroatoms. The molecular formula is C15H15F3N2O3. The van der Waals surface area contributed by atoms with Crippen LogP contribution in [-0.4, -0.2) is 22.4 Å². The van der Waals surface area contributed by atoms with Gasteiger partial charge in [0, 0.05) is 13.2 Å². The van der Waals surface area contributed by atoms with Crippen LogP contribution >= 0.6 is 0 Å². The maximum Gasteiger partial charge on any atom is 0.421 e. The number of furan rings is 1. The van der Waals surface area contributed by atoms with E-state index in [0.717, 1.165) is 16.8 Å². The van der Waals surface area contributed by atoms with E-state index < -0.39 is 29.8 Å². The maximum atomic E-state index is 12.7. The molecule has 1 amide bonds. The van der Waals surface area contributed by atoms with Crippen LogP contribution in [0.4, 0.5) is 13.2 Å². The second kappa shape index (κ2) is 6.31. The number of carbonyl (C=O) groups excluding carboxylic acids is 1. The summed E-state index contributed by atoms with van der Waals surface area (Å²) in [6.45, 7) is 1.45. The van der Waals surface area contributed by atoms with Crippen LogP contribution in [0.15, 0.2) is 39.7 Å². The van der Waals surface area contributed by atoms with Crippen LogP contribution in [0, 0.1) is 6.92 Å². The molecule has 0 unspecified atom stereocenters. The molecule has 0 aromatic carbocycles. The third-order valence-electron chi connectivity index (χ3n) is 3.25. The molecule has 2 aromatic rings. The molecule has 0 radical (unpaired) electrons. The monoisotopic (exact) mass is 328 g/mol. The van der Waals surface area contributed by atoms with Gasteiger partial charge in [0.2, 0.25) is 5.91 Å². The van der Waals surface area contributed by atoms with Crippen LogP contribution in [0.25, 0.3) is 0 Å². The van der Waals surface area contributed by atoms with Crippen molar-refractivity contribution in [2.75, 3.05) is 7.05 Å². The van der Waals surface area contributed by atoms with Gasteiger partial charge in [0.1, 0.15) is 23.6 Å². The molecule has 0 bridgehead atoms. The lowest BCUT2D eigenvalue weighted by Crippen LogP contribution is -2.35. The maximum absolute atomic E-state index is 12.7. The van der Waals surface area contributed by atoms with E-state index in [1.165, 1.54) is 11.9 Å². The predicted molar refractivity (Wildman–Crippen MR) is 75.6 cm³/mol. The molecule has 0 spiro atoms. The second-order valence-corrected chi connectivity index (χ2v) is 5.11. The molecule has 23 heavy (non-hydrogen) atoms. The van der Waals surface area contributed by atoms with Crippen molar-refractivity contribution in [1.29, 1.82) is 0 Å².